The van der Waals surface area contributed by atoms with E-state index in [2.05, 4.69) is 24.3 Å². The van der Waals surface area contributed by atoms with Crippen molar-refractivity contribution in [2.75, 3.05) is 18.5 Å². The molecule has 38 heavy (non-hydrogen) atoms. The number of Topliss-reactive ketones (excluding diaryl/α,β-unsaturated/α-hetero) is 1. The average Bonchev–Trinajstić information content (AvgIpc) is 3.50. The third-order valence-corrected chi connectivity index (χ3v) is 6.84. The lowest BCUT2D eigenvalue weighted by Crippen LogP contribution is -2.28. The number of carbonyl (C=O) groups excluding carboxylic acids is 3. The number of primary amides is 2. The maximum atomic E-state index is 12.7. The van der Waals surface area contributed by atoms with E-state index in [4.69, 9.17) is 16.2 Å². The monoisotopic (exact) mass is 517 g/mol. The summed E-state index contributed by atoms with van der Waals surface area (Å²) in [5, 5.41) is 7.98. The minimum absolute atomic E-state index is 0.109. The number of hydrogen-bond donors (Lipinski definition) is 3. The van der Waals surface area contributed by atoms with Crippen LogP contribution in [0.4, 0.5) is 5.69 Å². The number of fused-ring (bicyclic) bond motifs is 1. The predicted molar refractivity (Wildman–Crippen MR) is 146 cm³/mol. The van der Waals surface area contributed by atoms with Crippen molar-refractivity contribution in [1.82, 2.24) is 9.78 Å². The molecule has 1 aliphatic carbocycles. The number of carbonyl (C=O) groups is 3. The zero-order valence-electron chi connectivity index (χ0n) is 22.1. The second kappa shape index (κ2) is 11.2. The fraction of sp³-hybridized carbons (Fsp3) is 0.379. The number of ketones is 1. The van der Waals surface area contributed by atoms with Crippen molar-refractivity contribution in [3.8, 4) is 5.69 Å². The highest BCUT2D eigenvalue weighted by Crippen LogP contribution is 2.37. The van der Waals surface area contributed by atoms with Crippen molar-refractivity contribution in [1.29, 1.82) is 0 Å². The number of ether oxygens (including phenoxy) is 1. The Balaban J connectivity index is 0.000000317. The van der Waals surface area contributed by atoms with Crippen molar-refractivity contribution in [2.45, 2.75) is 52.6 Å². The molecule has 1 aromatic heterocycles. The van der Waals surface area contributed by atoms with Crippen molar-refractivity contribution >= 4 is 23.3 Å². The average molecular weight is 518 g/mol. The van der Waals surface area contributed by atoms with Crippen LogP contribution in [0.15, 0.2) is 48.5 Å². The molecule has 1 saturated heterocycles. The number of aryl methyl sites for hydroxylation is 1. The highest BCUT2D eigenvalue weighted by Gasteiger charge is 2.35. The standard InChI is InChI=1S/C22H28N4O3.C7H7NO/c1-13-20-18(10-22(2,3)11-19(20)27)26(25-13)14-6-7-16(21(23)28)17(9-14)24-12-15-5-4-8-29-15;8-7(9)6-4-2-1-3-5-6/h6-7,9,15,24H,4-5,8,10-12H2,1-3H3,(H2,23,28);1-5H,(H2,8,9). The van der Waals surface area contributed by atoms with E-state index in [0.717, 1.165) is 48.5 Å². The minimum Gasteiger partial charge on any atom is -0.382 e. The number of rotatable bonds is 6. The Bertz CT molecular complexity index is 1340. The lowest BCUT2D eigenvalue weighted by atomic mass is 9.75. The molecule has 0 bridgehead atoms. The van der Waals surface area contributed by atoms with E-state index in [9.17, 15) is 14.4 Å². The molecule has 5 rings (SSSR count). The highest BCUT2D eigenvalue weighted by molar-refractivity contribution is 6.00. The normalized spacial score (nSPS) is 17.8. The van der Waals surface area contributed by atoms with E-state index in [1.165, 1.54) is 0 Å². The predicted octanol–water partition coefficient (Wildman–Crippen LogP) is 3.81. The van der Waals surface area contributed by atoms with E-state index >= 15 is 0 Å². The number of amides is 2. The molecule has 0 saturated carbocycles. The number of aromatic nitrogens is 2. The van der Waals surface area contributed by atoms with Gasteiger partial charge >= 0.3 is 0 Å². The molecule has 2 heterocycles. The van der Waals surface area contributed by atoms with Gasteiger partial charge in [-0.2, -0.15) is 5.10 Å². The van der Waals surface area contributed by atoms with Gasteiger partial charge in [0.2, 0.25) is 5.91 Å². The molecule has 5 N–H and O–H groups in total. The molecule has 9 heteroatoms. The molecule has 1 unspecified atom stereocenters. The lowest BCUT2D eigenvalue weighted by molar-refractivity contribution is 0.0908. The van der Waals surface area contributed by atoms with Gasteiger partial charge in [-0.15, -0.1) is 0 Å². The Hall–Kier alpha value is -3.98. The van der Waals surface area contributed by atoms with Crippen LogP contribution in [0.1, 0.15) is 75.6 Å². The van der Waals surface area contributed by atoms with Gasteiger partial charge in [-0.1, -0.05) is 32.0 Å². The van der Waals surface area contributed by atoms with Crippen LogP contribution in [-0.2, 0) is 11.2 Å². The molecular weight excluding hydrogens is 482 g/mol. The molecule has 1 aliphatic heterocycles. The van der Waals surface area contributed by atoms with Crippen LogP contribution in [-0.4, -0.2) is 46.6 Å². The van der Waals surface area contributed by atoms with Crippen molar-refractivity contribution in [3.05, 3.63) is 76.6 Å². The van der Waals surface area contributed by atoms with Gasteiger partial charge in [0.05, 0.1) is 34.3 Å². The first-order valence-electron chi connectivity index (χ1n) is 12.8. The molecule has 2 amide bonds. The minimum atomic E-state index is -0.485. The fourth-order valence-corrected chi connectivity index (χ4v) is 5.01. The van der Waals surface area contributed by atoms with Crippen LogP contribution in [0.2, 0.25) is 0 Å². The molecule has 2 aliphatic rings. The summed E-state index contributed by atoms with van der Waals surface area (Å²) in [5.74, 6) is -0.720. The Morgan fingerprint density at radius 1 is 1.11 bits per heavy atom. The van der Waals surface area contributed by atoms with E-state index < -0.39 is 5.91 Å². The molecule has 2 aromatic carbocycles. The van der Waals surface area contributed by atoms with Crippen LogP contribution in [0, 0.1) is 12.3 Å². The molecule has 0 spiro atoms. The molecule has 0 radical (unpaired) electrons. The highest BCUT2D eigenvalue weighted by atomic mass is 16.5. The number of nitrogens with two attached hydrogens (primary N) is 2. The maximum Gasteiger partial charge on any atom is 0.250 e. The van der Waals surface area contributed by atoms with Gasteiger partial charge < -0.3 is 21.5 Å². The summed E-state index contributed by atoms with van der Waals surface area (Å²) in [6.45, 7) is 7.47. The summed E-state index contributed by atoms with van der Waals surface area (Å²) in [6.07, 6.45) is 3.49. The fourth-order valence-electron chi connectivity index (χ4n) is 5.01. The van der Waals surface area contributed by atoms with Crippen molar-refractivity contribution in [2.24, 2.45) is 16.9 Å². The lowest BCUT2D eigenvalue weighted by Gasteiger charge is -2.29. The van der Waals surface area contributed by atoms with Crippen LogP contribution < -0.4 is 16.8 Å². The molecular formula is C29H35N5O4. The van der Waals surface area contributed by atoms with Gasteiger partial charge in [0.15, 0.2) is 5.78 Å². The van der Waals surface area contributed by atoms with Gasteiger partial charge in [-0.25, -0.2) is 4.68 Å². The summed E-state index contributed by atoms with van der Waals surface area (Å²) in [4.78, 5) is 35.0. The second-order valence-corrected chi connectivity index (χ2v) is 10.6. The van der Waals surface area contributed by atoms with Crippen LogP contribution in [0.5, 0.6) is 0 Å². The molecule has 1 fully saturated rings. The Kier molecular flexibility index (Phi) is 7.97. The van der Waals surface area contributed by atoms with Crippen molar-refractivity contribution in [3.63, 3.8) is 0 Å². The first-order valence-corrected chi connectivity index (χ1v) is 12.8. The summed E-state index contributed by atoms with van der Waals surface area (Å²) >= 11 is 0. The number of benzene rings is 2. The third kappa shape index (κ3) is 6.11. The first kappa shape index (κ1) is 27.1. The van der Waals surface area contributed by atoms with Crippen molar-refractivity contribution < 1.29 is 19.1 Å². The summed E-state index contributed by atoms with van der Waals surface area (Å²) < 4.78 is 7.51. The number of nitrogens with zero attached hydrogens (tertiary/aromatic N) is 2. The quantitative estimate of drug-likeness (QED) is 0.454. The van der Waals surface area contributed by atoms with Crippen LogP contribution >= 0.6 is 0 Å². The zero-order chi connectivity index (χ0) is 27.4. The van der Waals surface area contributed by atoms with E-state index in [1.54, 1.807) is 30.3 Å². The van der Waals surface area contributed by atoms with E-state index in [1.807, 2.05) is 29.8 Å². The van der Waals surface area contributed by atoms with Gasteiger partial charge in [-0.05, 0) is 61.9 Å². The Labute approximate surface area is 222 Å². The Morgan fingerprint density at radius 3 is 2.45 bits per heavy atom. The van der Waals surface area contributed by atoms with Crippen LogP contribution in [0.25, 0.3) is 5.69 Å². The first-order chi connectivity index (χ1) is 18.1. The summed E-state index contributed by atoms with van der Waals surface area (Å²) in [7, 11) is 0. The second-order valence-electron chi connectivity index (χ2n) is 10.6. The zero-order valence-corrected chi connectivity index (χ0v) is 22.1. The van der Waals surface area contributed by atoms with Gasteiger partial charge in [-0.3, -0.25) is 14.4 Å². The SMILES string of the molecule is Cc1nn(-c2ccc(C(N)=O)c(NCC3CCCO3)c2)c2c1C(=O)CC(C)(C)C2.NC(=O)c1ccccc1. The largest absolute Gasteiger partial charge is 0.382 e. The molecule has 3 aromatic rings. The molecule has 1 atom stereocenters. The maximum absolute atomic E-state index is 12.7. The number of nitrogens with one attached hydrogen (secondary N) is 1. The van der Waals surface area contributed by atoms with E-state index in [-0.39, 0.29) is 23.2 Å². The smallest absolute Gasteiger partial charge is 0.250 e. The van der Waals surface area contributed by atoms with E-state index in [0.29, 0.717) is 29.8 Å². The summed E-state index contributed by atoms with van der Waals surface area (Å²) in [5.41, 5.74) is 15.3. The van der Waals surface area contributed by atoms with Gasteiger partial charge in [0.25, 0.3) is 5.91 Å². The number of anilines is 1. The molecule has 200 valence electrons. The molecule has 9 nitrogen and oxygen atoms in total. The Morgan fingerprint density at radius 2 is 1.84 bits per heavy atom. The van der Waals surface area contributed by atoms with Crippen LogP contribution in [0.3, 0.4) is 0 Å². The summed E-state index contributed by atoms with van der Waals surface area (Å²) in [6, 6.07) is 14.2. The third-order valence-electron chi connectivity index (χ3n) is 6.84. The van der Waals surface area contributed by atoms with Gasteiger partial charge in [0.1, 0.15) is 0 Å². The number of hydrogen-bond acceptors (Lipinski definition) is 6. The topological polar surface area (TPSA) is 142 Å². The van der Waals surface area contributed by atoms with Gasteiger partial charge in [0, 0.05) is 30.8 Å².